The van der Waals surface area contributed by atoms with Gasteiger partial charge in [-0.25, -0.2) is 4.79 Å². The summed E-state index contributed by atoms with van der Waals surface area (Å²) in [6.07, 6.45) is 1.50. The van der Waals surface area contributed by atoms with Crippen LogP contribution in [0.15, 0.2) is 0 Å². The maximum atomic E-state index is 11.6. The second-order valence-corrected chi connectivity index (χ2v) is 4.72. The number of tetrazole rings is 1. The molecule has 0 aromatic carbocycles. The van der Waals surface area contributed by atoms with E-state index in [0.29, 0.717) is 18.8 Å². The van der Waals surface area contributed by atoms with Gasteiger partial charge in [-0.1, -0.05) is 12.1 Å². The Balaban J connectivity index is 2.15. The van der Waals surface area contributed by atoms with Crippen LogP contribution in [0.5, 0.6) is 0 Å². The van der Waals surface area contributed by atoms with E-state index in [1.54, 1.807) is 6.92 Å². The van der Waals surface area contributed by atoms with E-state index in [1.165, 1.54) is 0 Å². The molecule has 0 spiro atoms. The van der Waals surface area contributed by atoms with Gasteiger partial charge in [0.05, 0.1) is 6.04 Å². The standard InChI is InChI=1S/C11H20N6O3/c1-7(3-4-9(18)19)5-6-12-11(20)13-8(2)10-14-16-17-15-10/h7-8H,3-6H2,1-2H3,(H,18,19)(H2,12,13,20)(H,14,15,16,17). The maximum absolute atomic E-state index is 11.6. The number of H-pyrrole nitrogens is 1. The number of aromatic amines is 1. The number of amides is 2. The largest absolute Gasteiger partial charge is 0.481 e. The summed E-state index contributed by atoms with van der Waals surface area (Å²) in [4.78, 5) is 22.0. The number of carbonyl (C=O) groups is 2. The SMILES string of the molecule is CC(CCNC(=O)NC(C)c1nn[nH]n1)CCC(=O)O. The normalized spacial score (nSPS) is 13.5. The second kappa shape index (κ2) is 8.08. The molecule has 1 aromatic heterocycles. The molecule has 0 saturated carbocycles. The molecule has 0 aliphatic rings. The number of nitrogens with one attached hydrogen (secondary N) is 3. The topological polar surface area (TPSA) is 133 Å². The fraction of sp³-hybridized carbons (Fsp3) is 0.727. The van der Waals surface area contributed by atoms with Crippen molar-refractivity contribution in [1.82, 2.24) is 31.3 Å². The van der Waals surface area contributed by atoms with Crippen molar-refractivity contribution in [3.63, 3.8) is 0 Å². The third kappa shape index (κ3) is 6.12. The Morgan fingerprint density at radius 3 is 2.70 bits per heavy atom. The Morgan fingerprint density at radius 1 is 1.35 bits per heavy atom. The average Bonchev–Trinajstić information content (AvgIpc) is 2.90. The molecule has 4 N–H and O–H groups in total. The van der Waals surface area contributed by atoms with Crippen LogP contribution >= 0.6 is 0 Å². The Bertz CT molecular complexity index is 422. The van der Waals surface area contributed by atoms with Gasteiger partial charge in [0, 0.05) is 13.0 Å². The van der Waals surface area contributed by atoms with Gasteiger partial charge in [0.1, 0.15) is 0 Å². The summed E-state index contributed by atoms with van der Waals surface area (Å²) in [5, 5.41) is 27.2. The van der Waals surface area contributed by atoms with Crippen LogP contribution in [0.25, 0.3) is 0 Å². The van der Waals surface area contributed by atoms with Crippen molar-refractivity contribution in [3.8, 4) is 0 Å². The molecule has 2 amide bonds. The van der Waals surface area contributed by atoms with Gasteiger partial charge in [-0.3, -0.25) is 4.79 Å². The molecular formula is C11H20N6O3. The molecule has 1 rings (SSSR count). The molecule has 0 saturated heterocycles. The van der Waals surface area contributed by atoms with Crippen LogP contribution in [0, 0.1) is 5.92 Å². The summed E-state index contributed by atoms with van der Waals surface area (Å²) in [7, 11) is 0. The number of nitrogens with zero attached hydrogens (tertiary/aromatic N) is 3. The number of urea groups is 1. The highest BCUT2D eigenvalue weighted by Gasteiger charge is 2.13. The average molecular weight is 284 g/mol. The second-order valence-electron chi connectivity index (χ2n) is 4.72. The molecule has 1 heterocycles. The minimum absolute atomic E-state index is 0.155. The van der Waals surface area contributed by atoms with E-state index >= 15 is 0 Å². The lowest BCUT2D eigenvalue weighted by Gasteiger charge is -2.13. The molecule has 2 unspecified atom stereocenters. The van der Waals surface area contributed by atoms with Gasteiger partial charge >= 0.3 is 12.0 Å². The van der Waals surface area contributed by atoms with Gasteiger partial charge in [-0.05, 0) is 25.7 Å². The first-order chi connectivity index (χ1) is 9.49. The van der Waals surface area contributed by atoms with Crippen LogP contribution in [0.1, 0.15) is 45.0 Å². The minimum Gasteiger partial charge on any atom is -0.481 e. The Hall–Kier alpha value is -2.19. The van der Waals surface area contributed by atoms with Crippen molar-refractivity contribution in [2.24, 2.45) is 5.92 Å². The predicted octanol–water partition coefficient (Wildman–Crippen LogP) is 0.451. The molecular weight excluding hydrogens is 264 g/mol. The van der Waals surface area contributed by atoms with Crippen molar-refractivity contribution in [1.29, 1.82) is 0 Å². The van der Waals surface area contributed by atoms with Gasteiger partial charge in [0.15, 0.2) is 5.82 Å². The fourth-order valence-electron chi connectivity index (χ4n) is 1.61. The Morgan fingerprint density at radius 2 is 2.10 bits per heavy atom. The van der Waals surface area contributed by atoms with Crippen molar-refractivity contribution in [2.75, 3.05) is 6.54 Å². The summed E-state index contributed by atoms with van der Waals surface area (Å²) < 4.78 is 0. The summed E-state index contributed by atoms with van der Waals surface area (Å²) >= 11 is 0. The monoisotopic (exact) mass is 284 g/mol. The lowest BCUT2D eigenvalue weighted by molar-refractivity contribution is -0.137. The zero-order valence-electron chi connectivity index (χ0n) is 11.6. The molecule has 9 heteroatoms. The first-order valence-electron chi connectivity index (χ1n) is 6.48. The van der Waals surface area contributed by atoms with E-state index in [2.05, 4.69) is 31.3 Å². The van der Waals surface area contributed by atoms with E-state index in [0.717, 1.165) is 6.42 Å². The number of aliphatic carboxylic acids is 1. The Labute approximate surface area is 116 Å². The zero-order valence-corrected chi connectivity index (χ0v) is 11.6. The van der Waals surface area contributed by atoms with Crippen molar-refractivity contribution >= 4 is 12.0 Å². The highest BCUT2D eigenvalue weighted by molar-refractivity contribution is 5.74. The highest BCUT2D eigenvalue weighted by atomic mass is 16.4. The van der Waals surface area contributed by atoms with Crippen molar-refractivity contribution in [3.05, 3.63) is 5.82 Å². The van der Waals surface area contributed by atoms with Crippen LogP contribution < -0.4 is 10.6 Å². The fourth-order valence-corrected chi connectivity index (χ4v) is 1.61. The third-order valence-electron chi connectivity index (χ3n) is 2.87. The van der Waals surface area contributed by atoms with Crippen LogP contribution in [0.2, 0.25) is 0 Å². The Kier molecular flexibility index (Phi) is 6.41. The minimum atomic E-state index is -0.795. The summed E-state index contributed by atoms with van der Waals surface area (Å²) in [6, 6.07) is -0.647. The van der Waals surface area contributed by atoms with Gasteiger partial charge in [0.25, 0.3) is 0 Å². The summed E-state index contributed by atoms with van der Waals surface area (Å²) in [5.74, 6) is -0.132. The molecule has 0 fully saturated rings. The van der Waals surface area contributed by atoms with E-state index in [1.807, 2.05) is 6.92 Å². The molecule has 0 radical (unpaired) electrons. The zero-order chi connectivity index (χ0) is 15.0. The van der Waals surface area contributed by atoms with E-state index in [-0.39, 0.29) is 24.4 Å². The van der Waals surface area contributed by atoms with Crippen LogP contribution in [-0.4, -0.2) is 44.3 Å². The first kappa shape index (κ1) is 15.9. The van der Waals surface area contributed by atoms with Crippen LogP contribution in [0.3, 0.4) is 0 Å². The van der Waals surface area contributed by atoms with Crippen LogP contribution in [0.4, 0.5) is 4.79 Å². The predicted molar refractivity (Wildman–Crippen MR) is 69.8 cm³/mol. The molecule has 2 atom stereocenters. The van der Waals surface area contributed by atoms with Crippen LogP contribution in [-0.2, 0) is 4.79 Å². The third-order valence-corrected chi connectivity index (χ3v) is 2.87. The summed E-state index contributed by atoms with van der Waals surface area (Å²) in [6.45, 7) is 4.20. The number of aromatic nitrogens is 4. The number of rotatable bonds is 8. The van der Waals surface area contributed by atoms with Gasteiger partial charge in [-0.15, -0.1) is 10.2 Å². The molecule has 20 heavy (non-hydrogen) atoms. The lowest BCUT2D eigenvalue weighted by Crippen LogP contribution is -2.38. The lowest BCUT2D eigenvalue weighted by atomic mass is 10.0. The van der Waals surface area contributed by atoms with E-state index < -0.39 is 5.97 Å². The quantitative estimate of drug-likeness (QED) is 0.548. The molecule has 0 aliphatic carbocycles. The molecule has 0 bridgehead atoms. The smallest absolute Gasteiger partial charge is 0.315 e. The summed E-state index contributed by atoms with van der Waals surface area (Å²) in [5.41, 5.74) is 0. The molecule has 9 nitrogen and oxygen atoms in total. The highest BCUT2D eigenvalue weighted by Crippen LogP contribution is 2.09. The number of hydrogen-bond acceptors (Lipinski definition) is 5. The van der Waals surface area contributed by atoms with Crippen molar-refractivity contribution in [2.45, 2.75) is 39.2 Å². The number of carboxylic acid groups (broad SMARTS) is 1. The number of carbonyl (C=O) groups excluding carboxylic acids is 1. The van der Waals surface area contributed by atoms with Gasteiger partial charge in [0.2, 0.25) is 0 Å². The van der Waals surface area contributed by atoms with Gasteiger partial charge < -0.3 is 15.7 Å². The number of hydrogen-bond donors (Lipinski definition) is 4. The van der Waals surface area contributed by atoms with E-state index in [9.17, 15) is 9.59 Å². The van der Waals surface area contributed by atoms with Crippen molar-refractivity contribution < 1.29 is 14.7 Å². The maximum Gasteiger partial charge on any atom is 0.315 e. The molecule has 0 aliphatic heterocycles. The molecule has 112 valence electrons. The van der Waals surface area contributed by atoms with E-state index in [4.69, 9.17) is 5.11 Å². The molecule has 1 aromatic rings. The number of carboxylic acids is 1. The van der Waals surface area contributed by atoms with Gasteiger partial charge in [-0.2, -0.15) is 5.21 Å². The first-order valence-corrected chi connectivity index (χ1v) is 6.48.